The van der Waals surface area contributed by atoms with Gasteiger partial charge >= 0.3 is 0 Å². The molecule has 4 rings (SSSR count). The number of pyridine rings is 1. The van der Waals surface area contributed by atoms with Crippen LogP contribution in [0.4, 0.5) is 0 Å². The summed E-state index contributed by atoms with van der Waals surface area (Å²) in [4.78, 5) is 19.6. The van der Waals surface area contributed by atoms with E-state index >= 15 is 0 Å². The molecule has 0 aliphatic carbocycles. The summed E-state index contributed by atoms with van der Waals surface area (Å²) in [6.07, 6.45) is 3.39. The van der Waals surface area contributed by atoms with Crippen molar-refractivity contribution in [3.05, 3.63) is 89.7 Å². The van der Waals surface area contributed by atoms with Crippen LogP contribution >= 0.6 is 0 Å². The number of hydrogen-bond acceptors (Lipinski definition) is 6. The van der Waals surface area contributed by atoms with E-state index in [4.69, 9.17) is 4.74 Å². The summed E-state index contributed by atoms with van der Waals surface area (Å²) in [5.74, 6) is -0.584. The van der Waals surface area contributed by atoms with E-state index in [-0.39, 0.29) is 10.8 Å². The van der Waals surface area contributed by atoms with Gasteiger partial charge in [0.05, 0.1) is 17.9 Å². The number of methoxy groups -OCH3 is 1. The number of sulfonamides is 1. The minimum Gasteiger partial charge on any atom is -0.497 e. The lowest BCUT2D eigenvalue weighted by molar-refractivity contribution is -0.123. The summed E-state index contributed by atoms with van der Waals surface area (Å²) in [5, 5.41) is 0. The molecule has 1 aliphatic rings. The van der Waals surface area contributed by atoms with Crippen molar-refractivity contribution in [2.75, 3.05) is 20.2 Å². The van der Waals surface area contributed by atoms with E-state index < -0.39 is 21.8 Å². The molecule has 1 N–H and O–H groups in total. The molecular formula is C25H27N3O4S. The molecule has 2 aromatic carbocycles. The van der Waals surface area contributed by atoms with Gasteiger partial charge in [0.1, 0.15) is 5.75 Å². The van der Waals surface area contributed by atoms with Gasteiger partial charge in [-0.15, -0.1) is 0 Å². The normalized spacial score (nSPS) is 18.7. The van der Waals surface area contributed by atoms with E-state index in [1.165, 1.54) is 13.2 Å². The van der Waals surface area contributed by atoms with Gasteiger partial charge in [0.2, 0.25) is 5.91 Å². The number of rotatable bonds is 7. The minimum atomic E-state index is -4.02. The predicted octanol–water partition coefficient (Wildman–Crippen LogP) is 3.12. The Hall–Kier alpha value is -3.23. The van der Waals surface area contributed by atoms with Gasteiger partial charge < -0.3 is 4.74 Å². The molecule has 0 bridgehead atoms. The number of ether oxygens (including phenoxy) is 1. The molecule has 1 amide bonds. The van der Waals surface area contributed by atoms with Crippen molar-refractivity contribution in [3.63, 3.8) is 0 Å². The number of nitrogens with zero attached hydrogens (tertiary/aromatic N) is 2. The highest BCUT2D eigenvalue weighted by Gasteiger charge is 2.40. The molecule has 172 valence electrons. The summed E-state index contributed by atoms with van der Waals surface area (Å²) < 4.78 is 33.6. The van der Waals surface area contributed by atoms with Crippen molar-refractivity contribution in [2.24, 2.45) is 5.92 Å². The van der Waals surface area contributed by atoms with Gasteiger partial charge in [-0.3, -0.25) is 14.7 Å². The molecule has 3 aromatic rings. The Labute approximate surface area is 194 Å². The average Bonchev–Trinajstić information content (AvgIpc) is 3.23. The first-order chi connectivity index (χ1) is 15.9. The second-order valence-electron chi connectivity index (χ2n) is 8.27. The van der Waals surface area contributed by atoms with Gasteiger partial charge in [0.15, 0.2) is 0 Å². The highest BCUT2D eigenvalue weighted by molar-refractivity contribution is 7.90. The molecule has 2 atom stereocenters. The lowest BCUT2D eigenvalue weighted by atomic mass is 9.89. The van der Waals surface area contributed by atoms with Gasteiger partial charge in [-0.05, 0) is 53.9 Å². The van der Waals surface area contributed by atoms with Gasteiger partial charge in [-0.25, -0.2) is 13.1 Å². The monoisotopic (exact) mass is 465 g/mol. The molecule has 0 saturated carbocycles. The Kier molecular flexibility index (Phi) is 6.76. The number of amides is 1. The highest BCUT2D eigenvalue weighted by Crippen LogP contribution is 2.34. The second kappa shape index (κ2) is 9.72. The summed E-state index contributed by atoms with van der Waals surface area (Å²) >= 11 is 0. The van der Waals surface area contributed by atoms with Crippen LogP contribution in [-0.2, 0) is 21.4 Å². The average molecular weight is 466 g/mol. The molecule has 8 heteroatoms. The number of aryl methyl sites for hydroxylation is 1. The molecule has 1 saturated heterocycles. The Bertz CT molecular complexity index is 1220. The molecule has 0 radical (unpaired) electrons. The first kappa shape index (κ1) is 22.9. The van der Waals surface area contributed by atoms with E-state index in [2.05, 4.69) is 14.6 Å². The van der Waals surface area contributed by atoms with Crippen molar-refractivity contribution in [1.82, 2.24) is 14.6 Å². The molecule has 33 heavy (non-hydrogen) atoms. The summed E-state index contributed by atoms with van der Waals surface area (Å²) in [6, 6.07) is 18.5. The van der Waals surface area contributed by atoms with Crippen LogP contribution in [0.25, 0.3) is 0 Å². The quantitative estimate of drug-likeness (QED) is 0.577. The second-order valence-corrected chi connectivity index (χ2v) is 9.93. The smallest absolute Gasteiger partial charge is 0.264 e. The number of hydrogen-bond donors (Lipinski definition) is 1. The molecule has 1 aromatic heterocycles. The number of nitrogens with one attached hydrogen (secondary N) is 1. The third-order valence-corrected chi connectivity index (χ3v) is 7.53. The summed E-state index contributed by atoms with van der Waals surface area (Å²) in [6.45, 7) is 3.48. The zero-order valence-electron chi connectivity index (χ0n) is 18.6. The maximum Gasteiger partial charge on any atom is 0.264 e. The molecule has 1 aliphatic heterocycles. The van der Waals surface area contributed by atoms with Crippen LogP contribution in [0.15, 0.2) is 78.0 Å². The minimum absolute atomic E-state index is 0.0660. The van der Waals surface area contributed by atoms with E-state index in [0.29, 0.717) is 30.9 Å². The van der Waals surface area contributed by atoms with Crippen LogP contribution in [-0.4, -0.2) is 44.4 Å². The maximum absolute atomic E-state index is 13.3. The zero-order chi connectivity index (χ0) is 23.4. The first-order valence-corrected chi connectivity index (χ1v) is 12.2. The molecule has 0 spiro atoms. The maximum atomic E-state index is 13.3. The van der Waals surface area contributed by atoms with Crippen LogP contribution in [0.1, 0.15) is 22.6 Å². The van der Waals surface area contributed by atoms with Gasteiger partial charge in [-0.1, -0.05) is 30.3 Å². The fourth-order valence-corrected chi connectivity index (χ4v) is 5.64. The molecule has 7 nitrogen and oxygen atoms in total. The fraction of sp³-hybridized carbons (Fsp3) is 0.280. The number of carbonyl (C=O) groups excluding carboxylic acids is 1. The van der Waals surface area contributed by atoms with E-state index in [9.17, 15) is 13.2 Å². The van der Waals surface area contributed by atoms with Crippen molar-refractivity contribution in [2.45, 2.75) is 24.3 Å². The van der Waals surface area contributed by atoms with E-state index in [0.717, 1.165) is 11.1 Å². The summed E-state index contributed by atoms with van der Waals surface area (Å²) in [5.41, 5.74) is 2.63. The standard InChI is InChI=1S/C25H27N3O4S/c1-18-14-21(32-2)8-9-24(18)33(30,31)27-25(29)23-17-28(15-19-6-4-3-5-7-19)16-22(23)20-10-12-26-13-11-20/h3-14,22-23H,15-17H2,1-2H3,(H,27,29)/t22-,23+/m0/s1. The lowest BCUT2D eigenvalue weighted by Gasteiger charge is -2.19. The zero-order valence-corrected chi connectivity index (χ0v) is 19.5. The van der Waals surface area contributed by atoms with Crippen LogP contribution < -0.4 is 9.46 Å². The van der Waals surface area contributed by atoms with Gasteiger partial charge in [0.25, 0.3) is 10.0 Å². The Morgan fingerprint density at radius 1 is 1.09 bits per heavy atom. The predicted molar refractivity (Wildman–Crippen MR) is 125 cm³/mol. The third-order valence-electron chi connectivity index (χ3n) is 6.02. The van der Waals surface area contributed by atoms with Crippen LogP contribution in [0.5, 0.6) is 5.75 Å². The Morgan fingerprint density at radius 3 is 2.48 bits per heavy atom. The van der Waals surface area contributed by atoms with Crippen LogP contribution in [0.2, 0.25) is 0 Å². The summed E-state index contributed by atoms with van der Waals surface area (Å²) in [7, 11) is -2.50. The van der Waals surface area contributed by atoms with Crippen molar-refractivity contribution in [1.29, 1.82) is 0 Å². The third kappa shape index (κ3) is 5.23. The SMILES string of the molecule is COc1ccc(S(=O)(=O)NC(=O)[C@@H]2CN(Cc3ccccc3)C[C@H]2c2ccncc2)c(C)c1. The topological polar surface area (TPSA) is 88.6 Å². The molecule has 1 fully saturated rings. The van der Waals surface area contributed by atoms with Gasteiger partial charge in [-0.2, -0.15) is 0 Å². The number of carbonyl (C=O) groups is 1. The molecule has 0 unspecified atom stereocenters. The van der Waals surface area contributed by atoms with Gasteiger partial charge in [0, 0.05) is 37.9 Å². The fourth-order valence-electron chi connectivity index (χ4n) is 4.38. The van der Waals surface area contributed by atoms with Crippen LogP contribution in [0.3, 0.4) is 0 Å². The highest BCUT2D eigenvalue weighted by atomic mass is 32.2. The molecule has 2 heterocycles. The first-order valence-electron chi connectivity index (χ1n) is 10.7. The van der Waals surface area contributed by atoms with Crippen LogP contribution in [0, 0.1) is 12.8 Å². The lowest BCUT2D eigenvalue weighted by Crippen LogP contribution is -2.38. The van der Waals surface area contributed by atoms with Crippen molar-refractivity contribution in [3.8, 4) is 5.75 Å². The van der Waals surface area contributed by atoms with Crippen molar-refractivity contribution >= 4 is 15.9 Å². The van der Waals surface area contributed by atoms with E-state index in [1.807, 2.05) is 42.5 Å². The number of benzene rings is 2. The van der Waals surface area contributed by atoms with E-state index in [1.54, 1.807) is 31.5 Å². The number of aromatic nitrogens is 1. The Balaban J connectivity index is 1.57. The number of likely N-dealkylation sites (tertiary alicyclic amines) is 1. The largest absolute Gasteiger partial charge is 0.497 e. The Morgan fingerprint density at radius 2 is 1.82 bits per heavy atom. The molecular weight excluding hydrogens is 438 g/mol. The van der Waals surface area contributed by atoms with Crippen molar-refractivity contribution < 1.29 is 17.9 Å².